The lowest BCUT2D eigenvalue weighted by Crippen LogP contribution is -1.94. The van der Waals surface area contributed by atoms with Crippen LogP contribution in [0, 0.1) is 5.92 Å². The van der Waals surface area contributed by atoms with Gasteiger partial charge >= 0.3 is 0 Å². The third-order valence-electron chi connectivity index (χ3n) is 1.58. The van der Waals surface area contributed by atoms with Gasteiger partial charge in [-0.3, -0.25) is 0 Å². The van der Waals surface area contributed by atoms with E-state index in [0.717, 1.165) is 6.42 Å². The van der Waals surface area contributed by atoms with Crippen molar-refractivity contribution in [1.82, 2.24) is 0 Å². The normalized spacial score (nSPS) is 13.0. The van der Waals surface area contributed by atoms with Gasteiger partial charge in [0.2, 0.25) is 0 Å². The lowest BCUT2D eigenvalue weighted by Gasteiger charge is -1.97. The highest BCUT2D eigenvalue weighted by atomic mass is 27.2. The minimum absolute atomic E-state index is 0.492. The lowest BCUT2D eigenvalue weighted by atomic mass is 10.1. The molecule has 0 radical (unpaired) electrons. The van der Waals surface area contributed by atoms with Crippen LogP contribution >= 0.6 is 0 Å². The second-order valence-corrected chi connectivity index (χ2v) is 6.95. The molecule has 68 valence electrons. The van der Waals surface area contributed by atoms with Crippen LogP contribution in [-0.2, 0) is 0 Å². The summed E-state index contributed by atoms with van der Waals surface area (Å²) in [5.74, 6) is 5.40. The van der Waals surface area contributed by atoms with Gasteiger partial charge in [-0.1, -0.05) is 31.6 Å². The van der Waals surface area contributed by atoms with E-state index in [9.17, 15) is 0 Å². The minimum atomic E-state index is -0.492. The third kappa shape index (κ3) is 8.11. The third-order valence-corrected chi connectivity index (χ3v) is 2.81. The van der Waals surface area contributed by atoms with Crippen molar-refractivity contribution in [1.29, 1.82) is 0 Å². The van der Waals surface area contributed by atoms with Gasteiger partial charge in [-0.2, -0.15) is 0 Å². The summed E-state index contributed by atoms with van der Waals surface area (Å²) in [6, 6.07) is 0. The van der Waals surface area contributed by atoms with Crippen LogP contribution in [0.1, 0.15) is 27.2 Å². The van der Waals surface area contributed by atoms with Crippen LogP contribution in [-0.4, -0.2) is 14.1 Å². The Bertz CT molecular complexity index is 164. The first-order valence-electron chi connectivity index (χ1n) is 4.86. The summed E-state index contributed by atoms with van der Waals surface area (Å²) in [7, 11) is 0. The molecule has 0 aromatic carbocycles. The Hall–Kier alpha value is 0.0125. The summed E-state index contributed by atoms with van der Waals surface area (Å²) in [6.07, 6.45) is 5.70. The quantitative estimate of drug-likeness (QED) is 0.455. The van der Waals surface area contributed by atoms with Crippen molar-refractivity contribution in [3.8, 4) is 0 Å². The van der Waals surface area contributed by atoms with Crippen molar-refractivity contribution in [3.05, 3.63) is 22.7 Å². The molecule has 0 amide bonds. The summed E-state index contributed by atoms with van der Waals surface area (Å²) in [5, 5.41) is 0. The van der Waals surface area contributed by atoms with E-state index in [1.54, 1.807) is 0 Å². The van der Waals surface area contributed by atoms with Gasteiger partial charge in [0.25, 0.3) is 14.1 Å². The number of rotatable bonds is 4. The summed E-state index contributed by atoms with van der Waals surface area (Å²) in [6.45, 7) is 6.66. The molecule has 12 heavy (non-hydrogen) atoms. The van der Waals surface area contributed by atoms with Crippen molar-refractivity contribution in [2.75, 3.05) is 0 Å². The van der Waals surface area contributed by atoms with Crippen LogP contribution in [0.2, 0.25) is 11.6 Å². The smallest absolute Gasteiger partial charge is 0.146 e. The Balaban J connectivity index is 3.78. The molecule has 0 fully saturated rings. The molecule has 0 nitrogen and oxygen atoms in total. The van der Waals surface area contributed by atoms with Crippen LogP contribution in [0.25, 0.3) is 0 Å². The maximum absolute atomic E-state index is 2.46. The largest absolute Gasteiger partial charge is 0.288 e. The molecule has 0 unspecified atom stereocenters. The molecular weight excluding hydrogens is 159 g/mol. The maximum Gasteiger partial charge on any atom is 0.288 e. The monoisotopic (exact) mass is 180 g/mol. The van der Waals surface area contributed by atoms with Gasteiger partial charge in [0, 0.05) is 0 Å². The molecule has 0 aliphatic heterocycles. The van der Waals surface area contributed by atoms with E-state index >= 15 is 0 Å². The lowest BCUT2D eigenvalue weighted by molar-refractivity contribution is 0.827. The van der Waals surface area contributed by atoms with Gasteiger partial charge < -0.3 is 0 Å². The average Bonchev–Trinajstić information content (AvgIpc) is 1.84. The maximum atomic E-state index is 2.46. The highest BCUT2D eigenvalue weighted by Gasteiger charge is 1.96. The highest BCUT2D eigenvalue weighted by molar-refractivity contribution is 6.61. The summed E-state index contributed by atoms with van der Waals surface area (Å²) in [4.78, 5) is 2.46. The van der Waals surface area contributed by atoms with Gasteiger partial charge in [-0.15, -0.1) is 16.5 Å². The number of hydrogen-bond acceptors (Lipinski definition) is 0. The zero-order valence-electron chi connectivity index (χ0n) is 9.09. The second-order valence-electron chi connectivity index (χ2n) is 4.13. The van der Waals surface area contributed by atoms with E-state index in [1.807, 2.05) is 0 Å². The van der Waals surface area contributed by atoms with Crippen LogP contribution in [0.5, 0.6) is 0 Å². The van der Waals surface area contributed by atoms with E-state index in [-0.39, 0.29) is 0 Å². The van der Waals surface area contributed by atoms with Crippen molar-refractivity contribution < 1.29 is 0 Å². The van der Waals surface area contributed by atoms with Crippen LogP contribution in [0.4, 0.5) is 0 Å². The van der Waals surface area contributed by atoms with E-state index in [4.69, 9.17) is 0 Å². The SMILES string of the molecule is C/C(=[CH]\[Al]([CH3])[CH3])C/C=C/C(C)C. The molecule has 0 rings (SSSR count). The van der Waals surface area contributed by atoms with Crippen LogP contribution < -0.4 is 0 Å². The second kappa shape index (κ2) is 6.52. The molecule has 0 atom stereocenters. The predicted molar refractivity (Wildman–Crippen MR) is 59.8 cm³/mol. The average molecular weight is 180 g/mol. The number of allylic oxidation sites excluding steroid dienone is 3. The fraction of sp³-hybridized carbons (Fsp3) is 0.636. The van der Waals surface area contributed by atoms with Crippen molar-refractivity contribution in [2.45, 2.75) is 38.8 Å². The fourth-order valence-corrected chi connectivity index (χ4v) is 2.44. The topological polar surface area (TPSA) is 0 Å². The Morgan fingerprint density at radius 3 is 2.33 bits per heavy atom. The Morgan fingerprint density at radius 2 is 1.92 bits per heavy atom. The molecule has 0 heterocycles. The molecule has 0 bridgehead atoms. The van der Waals surface area contributed by atoms with Crippen molar-refractivity contribution in [2.24, 2.45) is 5.92 Å². The summed E-state index contributed by atoms with van der Waals surface area (Å²) < 4.78 is 0. The van der Waals surface area contributed by atoms with Gasteiger partial charge in [-0.05, 0) is 19.3 Å². The Kier molecular flexibility index (Phi) is 6.53. The van der Waals surface area contributed by atoms with Gasteiger partial charge in [0.15, 0.2) is 0 Å². The molecule has 0 spiro atoms. The fourth-order valence-electron chi connectivity index (χ4n) is 1.16. The van der Waals surface area contributed by atoms with Gasteiger partial charge in [-0.25, -0.2) is 0 Å². The first-order valence-corrected chi connectivity index (χ1v) is 7.84. The standard InChI is InChI=1S/C9H15.2CH3.Al/c1-8(2)6-5-7-9(3)4;;;/h1,5,7,9H,6H2,2-4H3;2*1H3;/b7-5+,8-1?;;;. The number of hydrogen-bond donors (Lipinski definition) is 0. The zero-order valence-corrected chi connectivity index (χ0v) is 10.2. The van der Waals surface area contributed by atoms with E-state index in [0.29, 0.717) is 5.92 Å². The molecule has 0 saturated carbocycles. The molecule has 0 aromatic heterocycles. The summed E-state index contributed by atoms with van der Waals surface area (Å²) >= 11 is -0.492. The van der Waals surface area contributed by atoms with Gasteiger partial charge in [0.1, 0.15) is 0 Å². The Labute approximate surface area is 81.8 Å². The highest BCUT2D eigenvalue weighted by Crippen LogP contribution is 2.04. The van der Waals surface area contributed by atoms with Crippen LogP contribution in [0.3, 0.4) is 0 Å². The molecule has 1 heteroatoms. The van der Waals surface area contributed by atoms with Crippen molar-refractivity contribution >= 4 is 14.1 Å². The molecule has 0 N–H and O–H groups in total. The molecule has 0 aromatic rings. The molecular formula is C11H21Al. The summed E-state index contributed by atoms with van der Waals surface area (Å²) in [5.41, 5.74) is 1.54. The van der Waals surface area contributed by atoms with Gasteiger partial charge in [0.05, 0.1) is 0 Å². The van der Waals surface area contributed by atoms with E-state index < -0.39 is 14.1 Å². The van der Waals surface area contributed by atoms with E-state index in [1.165, 1.54) is 5.57 Å². The molecule has 0 aliphatic rings. The first kappa shape index (κ1) is 12.0. The van der Waals surface area contributed by atoms with Crippen LogP contribution in [0.15, 0.2) is 22.7 Å². The zero-order chi connectivity index (χ0) is 9.56. The predicted octanol–water partition coefficient (Wildman–Crippen LogP) is 3.83. The first-order chi connectivity index (χ1) is 5.52. The minimum Gasteiger partial charge on any atom is -0.146 e. The Morgan fingerprint density at radius 1 is 1.33 bits per heavy atom. The van der Waals surface area contributed by atoms with E-state index in [2.05, 4.69) is 49.4 Å². The van der Waals surface area contributed by atoms with Crippen molar-refractivity contribution in [3.63, 3.8) is 0 Å². The molecule has 0 saturated heterocycles. The molecule has 0 aliphatic carbocycles.